The molecule has 0 bridgehead atoms. The molecule has 0 spiro atoms. The lowest BCUT2D eigenvalue weighted by Gasteiger charge is -2.29. The van der Waals surface area contributed by atoms with Crippen molar-refractivity contribution >= 4 is 51.1 Å². The summed E-state index contributed by atoms with van der Waals surface area (Å²) in [5.74, 6) is -0.254. The normalized spacial score (nSPS) is 14.7. The number of halogens is 2. The van der Waals surface area contributed by atoms with Crippen LogP contribution in [0.4, 0.5) is 21.7 Å². The Hall–Kier alpha value is -3.16. The number of nitrogens with zero attached hydrogens (tertiary/aromatic N) is 4. The molecule has 1 aliphatic heterocycles. The van der Waals surface area contributed by atoms with E-state index in [0.717, 1.165) is 42.6 Å². The van der Waals surface area contributed by atoms with Crippen LogP contribution < -0.4 is 20.7 Å². The molecule has 2 aromatic heterocycles. The third-order valence-corrected chi connectivity index (χ3v) is 10.0. The molecule has 1 unspecified atom stereocenters. The molecule has 4 aromatic rings. The van der Waals surface area contributed by atoms with Gasteiger partial charge in [-0.25, -0.2) is 32.9 Å². The minimum Gasteiger partial charge on any atom is -0.369 e. The Morgan fingerprint density at radius 3 is 2.42 bits per heavy atom. The van der Waals surface area contributed by atoms with Crippen LogP contribution in [0.15, 0.2) is 54.7 Å². The molecule has 1 aliphatic rings. The van der Waals surface area contributed by atoms with Gasteiger partial charge < -0.3 is 15.5 Å². The van der Waals surface area contributed by atoms with E-state index in [2.05, 4.69) is 32.7 Å². The van der Waals surface area contributed by atoms with Crippen LogP contribution in [0.25, 0.3) is 21.8 Å². The molecular formula is C30H37ClFN7O2S2. The van der Waals surface area contributed by atoms with Gasteiger partial charge in [0.25, 0.3) is 0 Å². The highest BCUT2D eigenvalue weighted by Crippen LogP contribution is 2.42. The van der Waals surface area contributed by atoms with Crippen molar-refractivity contribution in [3.63, 3.8) is 0 Å². The number of hydrogen-bond donors (Lipinski definition) is 3. The molecule has 0 amide bonds. The fraction of sp³-hybridized carbons (Fsp3) is 0.367. The number of piperazine rings is 1. The summed E-state index contributed by atoms with van der Waals surface area (Å²) in [7, 11) is -4.01. The Labute approximate surface area is 262 Å². The molecule has 0 saturated carbocycles. The van der Waals surface area contributed by atoms with Gasteiger partial charge in [0.2, 0.25) is 16.0 Å². The van der Waals surface area contributed by atoms with E-state index in [1.165, 1.54) is 17.4 Å². The van der Waals surface area contributed by atoms with Crippen molar-refractivity contribution < 1.29 is 12.8 Å². The zero-order valence-electron chi connectivity index (χ0n) is 24.6. The lowest BCUT2D eigenvalue weighted by atomic mass is 9.98. The molecule has 43 heavy (non-hydrogen) atoms. The number of anilines is 3. The molecule has 1 saturated heterocycles. The summed E-state index contributed by atoms with van der Waals surface area (Å²) in [4.78, 5) is 17.0. The summed E-state index contributed by atoms with van der Waals surface area (Å²) in [6.07, 6.45) is 1.80. The number of nitrogens with one attached hydrogen (secondary N) is 2. The molecule has 5 rings (SSSR count). The van der Waals surface area contributed by atoms with Crippen LogP contribution in [0.5, 0.6) is 0 Å². The maximum atomic E-state index is 16.1. The third kappa shape index (κ3) is 7.32. The second kappa shape index (κ2) is 13.2. The first-order valence-corrected chi connectivity index (χ1v) is 16.4. The van der Waals surface area contributed by atoms with Gasteiger partial charge >= 0.3 is 0 Å². The summed E-state index contributed by atoms with van der Waals surface area (Å²) in [6, 6.07) is 14.6. The van der Waals surface area contributed by atoms with Crippen LogP contribution in [-0.2, 0) is 15.4 Å². The number of hydrogen-bond acceptors (Lipinski definition) is 9. The van der Waals surface area contributed by atoms with Crippen molar-refractivity contribution in [1.29, 1.82) is 0 Å². The lowest BCUT2D eigenvalue weighted by molar-refractivity contribution is 0.566. The first-order valence-electron chi connectivity index (χ1n) is 13.9. The largest absolute Gasteiger partial charge is 0.369 e. The van der Waals surface area contributed by atoms with Gasteiger partial charge in [0, 0.05) is 60.3 Å². The highest BCUT2D eigenvalue weighted by Gasteiger charge is 2.29. The molecule has 1 fully saturated rings. The number of rotatable bonds is 8. The second-order valence-corrected chi connectivity index (χ2v) is 14.1. The Kier molecular flexibility index (Phi) is 10.1. The number of thiazole rings is 1. The molecular weight excluding hydrogens is 609 g/mol. The van der Waals surface area contributed by atoms with Crippen LogP contribution in [0, 0.1) is 5.82 Å². The van der Waals surface area contributed by atoms with Crippen molar-refractivity contribution in [1.82, 2.24) is 20.3 Å². The van der Waals surface area contributed by atoms with Crippen LogP contribution in [0.1, 0.15) is 49.9 Å². The summed E-state index contributed by atoms with van der Waals surface area (Å²) >= 11 is 1.43. The summed E-state index contributed by atoms with van der Waals surface area (Å²) in [6.45, 7) is 11.7. The van der Waals surface area contributed by atoms with Gasteiger partial charge in [-0.05, 0) is 42.8 Å². The smallest absolute Gasteiger partial charge is 0.227 e. The van der Waals surface area contributed by atoms with Crippen LogP contribution in [-0.4, -0.2) is 49.5 Å². The van der Waals surface area contributed by atoms with Gasteiger partial charge in [0.05, 0.1) is 21.3 Å². The molecule has 3 heterocycles. The van der Waals surface area contributed by atoms with Gasteiger partial charge in [-0.2, -0.15) is 0 Å². The molecule has 2 aromatic carbocycles. The monoisotopic (exact) mass is 645 g/mol. The van der Waals surface area contributed by atoms with Crippen LogP contribution in [0.2, 0.25) is 0 Å². The maximum absolute atomic E-state index is 16.1. The van der Waals surface area contributed by atoms with E-state index in [1.54, 1.807) is 31.3 Å². The van der Waals surface area contributed by atoms with Gasteiger partial charge in [-0.3, -0.25) is 0 Å². The minimum absolute atomic E-state index is 0. The van der Waals surface area contributed by atoms with E-state index in [0.29, 0.717) is 22.2 Å². The standard InChI is InChI=1S/C30H36FN7O2S2.ClH/c1-5-24(42(32,39)40)21-7-6-8-22(25(21)31)26-27(41-28(37-26)30(2,3)4)23-13-14-34-29(36-23)35-19-9-11-20(12-10-19)38-17-15-33-16-18-38;/h6-14,24,33H,5,15-18H2,1-4H3,(H2,32,39,40)(H,34,35,36);1H. The number of nitrogens with two attached hydrogens (primary N) is 1. The first-order chi connectivity index (χ1) is 20.0. The predicted octanol–water partition coefficient (Wildman–Crippen LogP) is 6.02. The fourth-order valence-electron chi connectivity index (χ4n) is 4.96. The Balaban J connectivity index is 0.00000423. The number of primary sulfonamides is 1. The van der Waals surface area contributed by atoms with Gasteiger partial charge in [-0.15, -0.1) is 23.7 Å². The summed E-state index contributed by atoms with van der Waals surface area (Å²) in [5.41, 5.74) is 2.92. The van der Waals surface area contributed by atoms with Crippen molar-refractivity contribution in [3.05, 3.63) is 71.1 Å². The molecule has 0 aliphatic carbocycles. The topological polar surface area (TPSA) is 126 Å². The van der Waals surface area contributed by atoms with Crippen molar-refractivity contribution in [3.8, 4) is 21.8 Å². The van der Waals surface area contributed by atoms with Crippen molar-refractivity contribution in [2.75, 3.05) is 36.4 Å². The quantitative estimate of drug-likeness (QED) is 0.212. The zero-order valence-corrected chi connectivity index (χ0v) is 27.0. The average Bonchev–Trinajstić information content (AvgIpc) is 3.41. The Morgan fingerprint density at radius 2 is 1.79 bits per heavy atom. The van der Waals surface area contributed by atoms with Gasteiger partial charge in [0.15, 0.2) is 0 Å². The second-order valence-electron chi connectivity index (χ2n) is 11.3. The number of aromatic nitrogens is 3. The maximum Gasteiger partial charge on any atom is 0.227 e. The van der Waals surface area contributed by atoms with E-state index in [1.807, 2.05) is 32.9 Å². The van der Waals surface area contributed by atoms with Gasteiger partial charge in [0.1, 0.15) is 11.1 Å². The molecule has 1 atom stereocenters. The van der Waals surface area contributed by atoms with Crippen molar-refractivity contribution in [2.24, 2.45) is 5.14 Å². The molecule has 9 nitrogen and oxygen atoms in total. The van der Waals surface area contributed by atoms with E-state index in [9.17, 15) is 8.42 Å². The third-order valence-electron chi connectivity index (χ3n) is 7.16. The molecule has 0 radical (unpaired) electrons. The minimum atomic E-state index is -4.01. The molecule has 230 valence electrons. The van der Waals surface area contributed by atoms with Crippen molar-refractivity contribution in [2.45, 2.75) is 44.8 Å². The zero-order chi connectivity index (χ0) is 30.1. The summed E-state index contributed by atoms with van der Waals surface area (Å²) < 4.78 is 40.5. The predicted molar refractivity (Wildman–Crippen MR) is 175 cm³/mol. The lowest BCUT2D eigenvalue weighted by Crippen LogP contribution is -2.43. The van der Waals surface area contributed by atoms with E-state index in [4.69, 9.17) is 15.1 Å². The van der Waals surface area contributed by atoms with Crippen LogP contribution >= 0.6 is 23.7 Å². The first kappa shape index (κ1) is 32.7. The average molecular weight is 646 g/mol. The van der Waals surface area contributed by atoms with E-state index >= 15 is 4.39 Å². The van der Waals surface area contributed by atoms with E-state index in [-0.39, 0.29) is 35.4 Å². The van der Waals surface area contributed by atoms with E-state index < -0.39 is 21.1 Å². The SMILES string of the molecule is CCC(c1cccc(-c2nc(C(C)(C)C)sc2-c2ccnc(Nc3ccc(N4CCNCC4)cc3)n2)c1F)S(N)(=O)=O.Cl. The Bertz CT molecular complexity index is 1670. The number of benzene rings is 2. The highest BCUT2D eigenvalue weighted by molar-refractivity contribution is 7.89. The fourth-order valence-corrected chi connectivity index (χ4v) is 7.07. The molecule has 13 heteroatoms. The van der Waals surface area contributed by atoms with Crippen LogP contribution in [0.3, 0.4) is 0 Å². The Morgan fingerprint density at radius 1 is 1.09 bits per heavy atom. The molecule has 4 N–H and O–H groups in total. The highest BCUT2D eigenvalue weighted by atomic mass is 35.5. The number of sulfonamides is 1. The summed E-state index contributed by atoms with van der Waals surface area (Å²) in [5, 5.41) is 11.7. The van der Waals surface area contributed by atoms with Gasteiger partial charge in [-0.1, -0.05) is 39.8 Å².